The molecule has 1 amide bonds. The molecule has 0 aromatic rings. The molecule has 0 spiro atoms. The Balaban J connectivity index is 3.50. The molecule has 82 valence electrons. The monoisotopic (exact) mass is 201 g/mol. The lowest BCUT2D eigenvalue weighted by atomic mass is 10.2. The van der Waals surface area contributed by atoms with Crippen LogP contribution in [-0.4, -0.2) is 30.9 Å². The van der Waals surface area contributed by atoms with Crippen molar-refractivity contribution in [3.63, 3.8) is 0 Å². The summed E-state index contributed by atoms with van der Waals surface area (Å²) in [6.07, 6.45) is 1.27. The van der Waals surface area contributed by atoms with E-state index >= 15 is 0 Å². The molecule has 0 saturated heterocycles. The predicted molar refractivity (Wildman–Crippen MR) is 54.0 cm³/mol. The van der Waals surface area contributed by atoms with Gasteiger partial charge in [0.15, 0.2) is 5.78 Å². The molecule has 0 saturated carbocycles. The highest BCUT2D eigenvalue weighted by Gasteiger charge is 2.10. The first-order chi connectivity index (χ1) is 6.57. The largest absolute Gasteiger partial charge is 0.381 e. The van der Waals surface area contributed by atoms with Crippen LogP contribution in [0, 0.1) is 0 Å². The van der Waals surface area contributed by atoms with Gasteiger partial charge in [-0.05, 0) is 20.3 Å². The Hall–Kier alpha value is -0.900. The number of amides is 1. The maximum atomic E-state index is 11.2. The van der Waals surface area contributed by atoms with Crippen molar-refractivity contribution in [3.8, 4) is 0 Å². The Kier molecular flexibility index (Phi) is 7.02. The van der Waals surface area contributed by atoms with E-state index in [1.165, 1.54) is 6.92 Å². The number of ether oxygens (including phenoxy) is 1. The number of carbonyl (C=O) groups excluding carboxylic acids is 2. The van der Waals surface area contributed by atoms with Crippen molar-refractivity contribution in [2.75, 3.05) is 13.2 Å². The van der Waals surface area contributed by atoms with Crippen LogP contribution in [0.1, 0.15) is 33.6 Å². The van der Waals surface area contributed by atoms with Gasteiger partial charge in [-0.25, -0.2) is 0 Å². The second-order valence-electron chi connectivity index (χ2n) is 3.26. The minimum absolute atomic E-state index is 0.0344. The molecular formula is C10H19NO3. The number of hydrogen-bond donors (Lipinski definition) is 1. The second kappa shape index (κ2) is 7.50. The van der Waals surface area contributed by atoms with E-state index in [0.717, 1.165) is 6.42 Å². The number of ketones is 1. The summed E-state index contributed by atoms with van der Waals surface area (Å²) in [7, 11) is 0. The molecule has 0 aliphatic carbocycles. The summed E-state index contributed by atoms with van der Waals surface area (Å²) in [5, 5.41) is 2.59. The smallest absolute Gasteiger partial charge is 0.222 e. The second-order valence-corrected chi connectivity index (χ2v) is 3.26. The molecule has 0 bridgehead atoms. The number of nitrogens with one attached hydrogen (secondary N) is 1. The fraction of sp³-hybridized carbons (Fsp3) is 0.800. The lowest BCUT2D eigenvalue weighted by molar-refractivity contribution is -0.127. The number of carbonyl (C=O) groups is 2. The summed E-state index contributed by atoms with van der Waals surface area (Å²) in [5.74, 6) is -0.170. The molecule has 4 nitrogen and oxygen atoms in total. The first-order valence-electron chi connectivity index (χ1n) is 4.95. The van der Waals surface area contributed by atoms with Crippen LogP contribution in [0.4, 0.5) is 0 Å². The topological polar surface area (TPSA) is 55.4 Å². The van der Waals surface area contributed by atoms with Crippen molar-refractivity contribution >= 4 is 11.7 Å². The zero-order valence-electron chi connectivity index (χ0n) is 9.13. The van der Waals surface area contributed by atoms with Crippen molar-refractivity contribution in [1.82, 2.24) is 5.32 Å². The van der Waals surface area contributed by atoms with E-state index in [1.54, 1.807) is 6.92 Å². The van der Waals surface area contributed by atoms with Crippen LogP contribution in [0.25, 0.3) is 0 Å². The molecule has 0 fully saturated rings. The highest BCUT2D eigenvalue weighted by atomic mass is 16.5. The van der Waals surface area contributed by atoms with Crippen molar-refractivity contribution in [3.05, 3.63) is 0 Å². The van der Waals surface area contributed by atoms with Crippen molar-refractivity contribution in [1.29, 1.82) is 0 Å². The van der Waals surface area contributed by atoms with Crippen LogP contribution in [0.3, 0.4) is 0 Å². The van der Waals surface area contributed by atoms with Gasteiger partial charge in [-0.2, -0.15) is 0 Å². The summed E-state index contributed by atoms with van der Waals surface area (Å²) >= 11 is 0. The van der Waals surface area contributed by atoms with Crippen LogP contribution in [0.15, 0.2) is 0 Å². The van der Waals surface area contributed by atoms with Gasteiger partial charge in [-0.1, -0.05) is 6.92 Å². The summed E-state index contributed by atoms with van der Waals surface area (Å²) in [6.45, 7) is 6.24. The van der Waals surface area contributed by atoms with Gasteiger partial charge in [0.25, 0.3) is 0 Å². The Morgan fingerprint density at radius 1 is 1.36 bits per heavy atom. The quantitative estimate of drug-likeness (QED) is 0.622. The number of rotatable bonds is 7. The lowest BCUT2D eigenvalue weighted by Gasteiger charge is -2.10. The SMILES string of the molecule is CCCOCCC(=O)NC(C)C(C)=O. The average molecular weight is 201 g/mol. The van der Waals surface area contributed by atoms with E-state index in [4.69, 9.17) is 4.74 Å². The number of Topliss-reactive ketones (excluding diaryl/α,β-unsaturated/α-hetero) is 1. The zero-order valence-corrected chi connectivity index (χ0v) is 9.13. The molecule has 1 atom stereocenters. The maximum absolute atomic E-state index is 11.2. The summed E-state index contributed by atoms with van der Waals surface area (Å²) in [6, 6.07) is -0.395. The molecule has 0 aliphatic heterocycles. The van der Waals surface area contributed by atoms with E-state index in [0.29, 0.717) is 19.6 Å². The van der Waals surface area contributed by atoms with Crippen LogP contribution in [-0.2, 0) is 14.3 Å². The molecule has 14 heavy (non-hydrogen) atoms. The molecule has 0 radical (unpaired) electrons. The molecule has 1 N–H and O–H groups in total. The van der Waals surface area contributed by atoms with Crippen LogP contribution in [0.5, 0.6) is 0 Å². The van der Waals surface area contributed by atoms with Gasteiger partial charge in [0.2, 0.25) is 5.91 Å². The van der Waals surface area contributed by atoms with Gasteiger partial charge in [-0.15, -0.1) is 0 Å². The minimum Gasteiger partial charge on any atom is -0.381 e. The van der Waals surface area contributed by atoms with E-state index in [-0.39, 0.29) is 11.7 Å². The third kappa shape index (κ3) is 6.60. The van der Waals surface area contributed by atoms with Gasteiger partial charge in [-0.3, -0.25) is 9.59 Å². The molecule has 1 unspecified atom stereocenters. The van der Waals surface area contributed by atoms with Crippen molar-refractivity contribution in [2.24, 2.45) is 0 Å². The van der Waals surface area contributed by atoms with E-state index in [1.807, 2.05) is 6.92 Å². The molecule has 0 aromatic heterocycles. The van der Waals surface area contributed by atoms with Crippen LogP contribution < -0.4 is 5.32 Å². The van der Waals surface area contributed by atoms with Crippen LogP contribution >= 0.6 is 0 Å². The zero-order chi connectivity index (χ0) is 11.0. The maximum Gasteiger partial charge on any atom is 0.222 e. The first kappa shape index (κ1) is 13.1. The van der Waals surface area contributed by atoms with E-state index < -0.39 is 6.04 Å². The highest BCUT2D eigenvalue weighted by molar-refractivity contribution is 5.87. The van der Waals surface area contributed by atoms with Gasteiger partial charge in [0.1, 0.15) is 0 Å². The molecular weight excluding hydrogens is 182 g/mol. The normalized spacial score (nSPS) is 12.2. The van der Waals surface area contributed by atoms with Gasteiger partial charge >= 0.3 is 0 Å². The third-order valence-electron chi connectivity index (χ3n) is 1.81. The van der Waals surface area contributed by atoms with E-state index in [9.17, 15) is 9.59 Å². The van der Waals surface area contributed by atoms with Crippen LogP contribution in [0.2, 0.25) is 0 Å². The van der Waals surface area contributed by atoms with Crippen molar-refractivity contribution in [2.45, 2.75) is 39.7 Å². The van der Waals surface area contributed by atoms with E-state index in [2.05, 4.69) is 5.32 Å². The average Bonchev–Trinajstić information content (AvgIpc) is 2.12. The Morgan fingerprint density at radius 2 is 2.00 bits per heavy atom. The third-order valence-corrected chi connectivity index (χ3v) is 1.81. The Bertz CT molecular complexity index is 192. The van der Waals surface area contributed by atoms with Crippen molar-refractivity contribution < 1.29 is 14.3 Å². The molecule has 0 aliphatic rings. The molecule has 4 heteroatoms. The number of hydrogen-bond acceptors (Lipinski definition) is 3. The predicted octanol–water partition coefficient (Wildman–Crippen LogP) is 0.897. The first-order valence-corrected chi connectivity index (χ1v) is 4.95. The highest BCUT2D eigenvalue weighted by Crippen LogP contribution is 1.89. The fourth-order valence-electron chi connectivity index (χ4n) is 0.827. The summed E-state index contributed by atoms with van der Waals surface area (Å²) < 4.78 is 5.15. The minimum atomic E-state index is -0.395. The molecule has 0 aromatic carbocycles. The standard InChI is InChI=1S/C10H19NO3/c1-4-6-14-7-5-10(13)11-8(2)9(3)12/h8H,4-7H2,1-3H3,(H,11,13). The Morgan fingerprint density at radius 3 is 2.50 bits per heavy atom. The summed E-state index contributed by atoms with van der Waals surface area (Å²) in [4.78, 5) is 22.0. The molecule has 0 rings (SSSR count). The van der Waals surface area contributed by atoms with Gasteiger partial charge in [0.05, 0.1) is 12.6 Å². The van der Waals surface area contributed by atoms with Gasteiger partial charge in [0, 0.05) is 13.0 Å². The lowest BCUT2D eigenvalue weighted by Crippen LogP contribution is -2.37. The fourth-order valence-corrected chi connectivity index (χ4v) is 0.827. The van der Waals surface area contributed by atoms with Gasteiger partial charge < -0.3 is 10.1 Å². The summed E-state index contributed by atoms with van der Waals surface area (Å²) in [5.41, 5.74) is 0. The Labute approximate surface area is 85.0 Å². The molecule has 0 heterocycles.